The number of hydrogen-bond acceptors (Lipinski definition) is 4. The molecule has 0 bridgehead atoms. The lowest BCUT2D eigenvalue weighted by Crippen LogP contribution is -2.18. The van der Waals surface area contributed by atoms with Crippen molar-refractivity contribution < 1.29 is 4.84 Å². The predicted molar refractivity (Wildman–Crippen MR) is 80.3 cm³/mol. The van der Waals surface area contributed by atoms with Crippen LogP contribution in [-0.2, 0) is 6.42 Å². The van der Waals surface area contributed by atoms with Crippen LogP contribution in [0.25, 0.3) is 11.5 Å². The van der Waals surface area contributed by atoms with Gasteiger partial charge in [0.05, 0.1) is 6.20 Å². The zero-order valence-corrected chi connectivity index (χ0v) is 12.4. The molecule has 0 aromatic heterocycles. The summed E-state index contributed by atoms with van der Waals surface area (Å²) in [6.07, 6.45) is 2.45. The van der Waals surface area contributed by atoms with Gasteiger partial charge in [-0.25, -0.2) is 15.0 Å². The minimum Gasteiger partial charge on any atom is -0.414 e. The summed E-state index contributed by atoms with van der Waals surface area (Å²) < 4.78 is 1.67. The van der Waals surface area contributed by atoms with Crippen molar-refractivity contribution in [2.45, 2.75) is 26.2 Å². The normalized spacial score (nSPS) is 11.2. The molecule has 108 valence electrons. The predicted octanol–water partition coefficient (Wildman–Crippen LogP) is 2.55. The lowest BCUT2D eigenvalue weighted by atomic mass is 10.1. The van der Waals surface area contributed by atoms with Crippen molar-refractivity contribution >= 4 is 0 Å². The summed E-state index contributed by atoms with van der Waals surface area (Å²) in [7, 11) is 1.62. The van der Waals surface area contributed by atoms with Crippen LogP contribution in [0.5, 0.6) is 0 Å². The molecule has 2 heterocycles. The molecule has 2 aliphatic heterocycles. The molecule has 2 aliphatic rings. The molecule has 0 aliphatic carbocycles. The van der Waals surface area contributed by atoms with Gasteiger partial charge in [-0.15, -0.1) is 4.73 Å². The van der Waals surface area contributed by atoms with Crippen molar-refractivity contribution in [1.29, 1.82) is 0 Å². The van der Waals surface area contributed by atoms with Crippen LogP contribution in [0.15, 0.2) is 36.5 Å². The summed E-state index contributed by atoms with van der Waals surface area (Å²) in [4.78, 5) is 19.0. The van der Waals surface area contributed by atoms with Crippen LogP contribution >= 0.6 is 0 Å². The van der Waals surface area contributed by atoms with E-state index < -0.39 is 0 Å². The molecule has 21 heavy (non-hydrogen) atoms. The molecule has 0 unspecified atom stereocenters. The summed E-state index contributed by atoms with van der Waals surface area (Å²) in [5.41, 5.74) is 1.94. The molecule has 0 N–H and O–H groups in total. The van der Waals surface area contributed by atoms with E-state index in [1.54, 1.807) is 18.0 Å². The molecule has 0 fully saturated rings. The number of hydrogen-bond donors (Lipinski definition) is 0. The summed E-state index contributed by atoms with van der Waals surface area (Å²) in [5, 5.41) is 0. The number of nitrogens with zero attached hydrogens (tertiary/aromatic N) is 4. The summed E-state index contributed by atoms with van der Waals surface area (Å²) in [6, 6.07) is 10.2. The third-order valence-corrected chi connectivity index (χ3v) is 3.35. The summed E-state index contributed by atoms with van der Waals surface area (Å²) in [5.74, 6) is 2.63. The topological polar surface area (TPSA) is 52.8 Å². The van der Waals surface area contributed by atoms with Crippen LogP contribution in [0.1, 0.15) is 37.0 Å². The highest BCUT2D eigenvalue weighted by atomic mass is 16.6. The molecule has 5 heteroatoms. The number of rotatable bonds is 4. The zero-order valence-electron chi connectivity index (χ0n) is 12.4. The van der Waals surface area contributed by atoms with Crippen molar-refractivity contribution in [3.05, 3.63) is 53.7 Å². The highest BCUT2D eigenvalue weighted by Crippen LogP contribution is 2.23. The van der Waals surface area contributed by atoms with Gasteiger partial charge < -0.3 is 4.84 Å². The van der Waals surface area contributed by atoms with E-state index in [1.807, 2.05) is 18.2 Å². The van der Waals surface area contributed by atoms with Crippen LogP contribution in [-0.4, -0.2) is 26.8 Å². The smallest absolute Gasteiger partial charge is 0.199 e. The molecule has 1 aromatic carbocycles. The van der Waals surface area contributed by atoms with Crippen LogP contribution < -0.4 is 4.84 Å². The Morgan fingerprint density at radius 1 is 1.14 bits per heavy atom. The molecule has 0 atom stereocenters. The number of imidazole rings is 1. The lowest BCUT2D eigenvalue weighted by molar-refractivity contribution is 0.156. The maximum Gasteiger partial charge on any atom is 0.199 e. The zero-order chi connectivity index (χ0) is 14.8. The first-order valence-electron chi connectivity index (χ1n) is 7.01. The highest BCUT2D eigenvalue weighted by molar-refractivity contribution is 5.51. The minimum atomic E-state index is 0.278. The Morgan fingerprint density at radius 3 is 2.57 bits per heavy atom. The maximum absolute atomic E-state index is 5.48. The van der Waals surface area contributed by atoms with E-state index in [-0.39, 0.29) is 5.92 Å². The van der Waals surface area contributed by atoms with E-state index in [9.17, 15) is 0 Å². The van der Waals surface area contributed by atoms with Gasteiger partial charge in [0.2, 0.25) is 0 Å². The third kappa shape index (κ3) is 2.59. The number of fused-ring (bicyclic) bond motifs is 1. The molecule has 0 saturated carbocycles. The SMILES string of the molecule is COn1c(Cc2ccccc2)ncc2nc(C(C)C)nc1-2. The van der Waals surface area contributed by atoms with Crippen LogP contribution in [0.2, 0.25) is 0 Å². The fourth-order valence-corrected chi connectivity index (χ4v) is 2.26. The van der Waals surface area contributed by atoms with Gasteiger partial charge in [0.1, 0.15) is 18.6 Å². The first-order chi connectivity index (χ1) is 10.2. The van der Waals surface area contributed by atoms with Gasteiger partial charge in [-0.2, -0.15) is 0 Å². The Morgan fingerprint density at radius 2 is 1.90 bits per heavy atom. The van der Waals surface area contributed by atoms with E-state index in [2.05, 4.69) is 40.9 Å². The molecule has 0 saturated heterocycles. The molecule has 1 aromatic rings. The molecule has 5 nitrogen and oxygen atoms in total. The number of aromatic nitrogens is 4. The van der Waals surface area contributed by atoms with E-state index in [1.165, 1.54) is 5.56 Å². The van der Waals surface area contributed by atoms with Gasteiger partial charge in [-0.05, 0) is 5.56 Å². The largest absolute Gasteiger partial charge is 0.414 e. The fourth-order valence-electron chi connectivity index (χ4n) is 2.26. The Balaban J connectivity index is 2.05. The van der Waals surface area contributed by atoms with Crippen molar-refractivity contribution in [2.75, 3.05) is 7.11 Å². The van der Waals surface area contributed by atoms with Crippen LogP contribution in [0.4, 0.5) is 0 Å². The first kappa shape index (κ1) is 13.5. The Hall–Kier alpha value is -2.43. The van der Waals surface area contributed by atoms with Crippen molar-refractivity contribution in [3.8, 4) is 11.5 Å². The summed E-state index contributed by atoms with van der Waals surface area (Å²) in [6.45, 7) is 4.15. The van der Waals surface area contributed by atoms with Gasteiger partial charge in [0.15, 0.2) is 11.6 Å². The molecule has 3 rings (SSSR count). The monoisotopic (exact) mass is 282 g/mol. The van der Waals surface area contributed by atoms with Crippen molar-refractivity contribution in [2.24, 2.45) is 0 Å². The van der Waals surface area contributed by atoms with Gasteiger partial charge >= 0.3 is 0 Å². The van der Waals surface area contributed by atoms with Gasteiger partial charge in [-0.3, -0.25) is 0 Å². The standard InChI is InChI=1S/C16H18N4O/c1-11(2)15-18-13-10-17-14(20(21-3)16(13)19-15)9-12-7-5-4-6-8-12/h4-8,10-11H,9H2,1-3H3. The second-order valence-electron chi connectivity index (χ2n) is 5.26. The molecular formula is C16H18N4O. The molecule has 0 amide bonds. The fraction of sp³-hybridized carbons (Fsp3) is 0.312. The number of benzene rings is 1. The van der Waals surface area contributed by atoms with E-state index in [0.717, 1.165) is 23.2 Å². The van der Waals surface area contributed by atoms with Gasteiger partial charge in [0.25, 0.3) is 0 Å². The van der Waals surface area contributed by atoms with Gasteiger partial charge in [-0.1, -0.05) is 44.2 Å². The molecular weight excluding hydrogens is 264 g/mol. The lowest BCUT2D eigenvalue weighted by Gasteiger charge is -2.13. The van der Waals surface area contributed by atoms with E-state index in [0.29, 0.717) is 6.42 Å². The summed E-state index contributed by atoms with van der Waals surface area (Å²) >= 11 is 0. The van der Waals surface area contributed by atoms with Crippen molar-refractivity contribution in [3.63, 3.8) is 0 Å². The second kappa shape index (κ2) is 5.52. The average molecular weight is 282 g/mol. The Labute approximate surface area is 123 Å². The maximum atomic E-state index is 5.48. The Kier molecular flexibility index (Phi) is 3.56. The van der Waals surface area contributed by atoms with E-state index in [4.69, 9.17) is 4.84 Å². The minimum absolute atomic E-state index is 0.278. The van der Waals surface area contributed by atoms with Gasteiger partial charge in [0, 0.05) is 12.3 Å². The van der Waals surface area contributed by atoms with Crippen LogP contribution in [0.3, 0.4) is 0 Å². The van der Waals surface area contributed by atoms with E-state index >= 15 is 0 Å². The quantitative estimate of drug-likeness (QED) is 0.738. The average Bonchev–Trinajstić information content (AvgIpc) is 2.92. The highest BCUT2D eigenvalue weighted by Gasteiger charge is 2.20. The van der Waals surface area contributed by atoms with Crippen molar-refractivity contribution in [1.82, 2.24) is 19.7 Å². The molecule has 0 spiro atoms. The van der Waals surface area contributed by atoms with Crippen LogP contribution in [0, 0.1) is 0 Å². The second-order valence-corrected chi connectivity index (χ2v) is 5.26. The molecule has 0 radical (unpaired) electrons. The first-order valence-corrected chi connectivity index (χ1v) is 7.01. The Bertz CT molecular complexity index is 706. The third-order valence-electron chi connectivity index (χ3n) is 3.35.